The molecule has 7 rings (SSSR count). The molecule has 0 saturated carbocycles. The van der Waals surface area contributed by atoms with E-state index in [2.05, 4.69) is 24.9 Å². The van der Waals surface area contributed by atoms with Crippen molar-refractivity contribution in [2.24, 2.45) is 0 Å². The van der Waals surface area contributed by atoms with Crippen LogP contribution in [0.2, 0.25) is 0 Å². The Hall–Kier alpha value is -3.36. The Morgan fingerprint density at radius 2 is 1.71 bits per heavy atom. The monoisotopic (exact) mass is 673 g/mol. The van der Waals surface area contributed by atoms with Crippen LogP contribution in [0.15, 0.2) is 29.7 Å². The van der Waals surface area contributed by atoms with E-state index >= 15 is 4.39 Å². The van der Waals surface area contributed by atoms with Crippen molar-refractivity contribution in [2.45, 2.75) is 55.9 Å². The zero-order valence-electron chi connectivity index (χ0n) is 23.1. The minimum Gasteiger partial charge on any atom is -0.397 e. The minimum atomic E-state index is -5.04. The van der Waals surface area contributed by atoms with Crippen molar-refractivity contribution >= 4 is 49.6 Å². The van der Waals surface area contributed by atoms with Crippen LogP contribution < -0.4 is 17.0 Å². The minimum absolute atomic E-state index is 0.0267. The van der Waals surface area contributed by atoms with Gasteiger partial charge in [0.05, 0.1) is 37.7 Å². The zero-order valence-corrected chi connectivity index (χ0v) is 24.9. The van der Waals surface area contributed by atoms with Gasteiger partial charge in [-0.25, -0.2) is 28.5 Å². The van der Waals surface area contributed by atoms with Crippen molar-refractivity contribution in [2.75, 3.05) is 24.7 Å². The molecule has 0 spiro atoms. The number of phosphoric ester groups is 2. The second-order valence-corrected chi connectivity index (χ2v) is 13.6. The van der Waals surface area contributed by atoms with Crippen molar-refractivity contribution < 1.29 is 50.9 Å². The third-order valence-corrected chi connectivity index (χ3v) is 9.62. The van der Waals surface area contributed by atoms with Crippen LogP contribution in [0, 0.1) is 0 Å². The Labute approximate surface area is 250 Å². The van der Waals surface area contributed by atoms with Crippen molar-refractivity contribution in [1.29, 1.82) is 0 Å². The largest absolute Gasteiger partial charge is 0.472 e. The molecule has 4 aromatic rings. The molecule has 0 aliphatic carbocycles. The Morgan fingerprint density at radius 3 is 2.51 bits per heavy atom. The summed E-state index contributed by atoms with van der Waals surface area (Å²) in [6.45, 7) is -0.381. The van der Waals surface area contributed by atoms with Crippen molar-refractivity contribution in [3.05, 3.63) is 35.3 Å². The van der Waals surface area contributed by atoms with Gasteiger partial charge in [0, 0.05) is 12.6 Å². The number of aromatic amines is 1. The molecular formula is C22H26FN9O11P2. The fourth-order valence-corrected chi connectivity index (χ4v) is 7.62. The smallest absolute Gasteiger partial charge is 0.397 e. The maximum absolute atomic E-state index is 16.6. The lowest BCUT2D eigenvalue weighted by Gasteiger charge is -2.29. The summed E-state index contributed by atoms with van der Waals surface area (Å²) in [7, 11) is -10.0. The molecule has 4 unspecified atom stereocenters. The van der Waals surface area contributed by atoms with Gasteiger partial charge in [-0.3, -0.25) is 37.0 Å². The molecule has 0 radical (unpaired) electrons. The van der Waals surface area contributed by atoms with Crippen LogP contribution in [0.4, 0.5) is 16.0 Å². The Kier molecular flexibility index (Phi) is 7.13. The molecular weight excluding hydrogens is 647 g/mol. The highest BCUT2D eigenvalue weighted by Gasteiger charge is 2.60. The summed E-state index contributed by atoms with van der Waals surface area (Å²) in [5.74, 6) is -0.228. The molecule has 0 aromatic carbocycles. The number of pyridine rings is 1. The standard InChI is InChI=1S/C22H26FN9O11P2/c1-22(23)15-12(41-20(22)32-8-27-13-10(24)2-3-26-16(13)32)6-39-44(34,35)42-11-4-9(5-38-45(36,37)43-15)40-19(11)31-7-28-14-17(31)29-21(25)30-18(14)33/h2-3,7-9,11-12,15,19-20H,4-6H2,1H3,(H2,24,26)(H,34,35)(H,36,37)(H3,25,29,30,33)/t9-,11?,12+,15+,19+,20?,22-/m0/s1. The molecule has 45 heavy (non-hydrogen) atoms. The first-order valence-corrected chi connectivity index (χ1v) is 16.3. The van der Waals surface area contributed by atoms with Gasteiger partial charge in [-0.05, 0) is 13.0 Å². The third kappa shape index (κ3) is 5.34. The molecule has 4 aromatic heterocycles. The lowest BCUT2D eigenvalue weighted by Crippen LogP contribution is -2.42. The van der Waals surface area contributed by atoms with E-state index in [1.807, 2.05) is 0 Å². The number of imidazole rings is 2. The summed E-state index contributed by atoms with van der Waals surface area (Å²) in [4.78, 5) is 52.3. The molecule has 7 N–H and O–H groups in total. The highest BCUT2D eigenvalue weighted by atomic mass is 31.2. The van der Waals surface area contributed by atoms with Gasteiger partial charge in [0.1, 0.15) is 23.8 Å². The Balaban J connectivity index is 1.21. The van der Waals surface area contributed by atoms with Crippen LogP contribution in [0.1, 0.15) is 25.8 Å². The van der Waals surface area contributed by atoms with Crippen LogP contribution in [-0.4, -0.2) is 87.1 Å². The van der Waals surface area contributed by atoms with E-state index in [4.69, 9.17) is 39.0 Å². The molecule has 23 heteroatoms. The fourth-order valence-electron chi connectivity index (χ4n) is 5.65. The summed E-state index contributed by atoms with van der Waals surface area (Å²) in [5, 5.41) is 0. The summed E-state index contributed by atoms with van der Waals surface area (Å²) in [5.41, 5.74) is 8.93. The van der Waals surface area contributed by atoms with Gasteiger partial charge < -0.3 is 30.7 Å². The number of halogens is 1. The second kappa shape index (κ2) is 10.6. The number of rotatable bonds is 2. The number of alkyl halides is 1. The molecule has 9 atom stereocenters. The number of aromatic nitrogens is 7. The first-order chi connectivity index (χ1) is 21.2. The number of fused-ring (bicyclic) bond motifs is 5. The average molecular weight is 673 g/mol. The highest BCUT2D eigenvalue weighted by Crippen LogP contribution is 2.56. The topological polar surface area (TPSA) is 276 Å². The number of anilines is 2. The maximum Gasteiger partial charge on any atom is 0.472 e. The number of nitrogens with one attached hydrogen (secondary N) is 1. The van der Waals surface area contributed by atoms with Crippen LogP contribution in [0.3, 0.4) is 0 Å². The number of hydrogen-bond donors (Lipinski definition) is 5. The average Bonchev–Trinajstić information content (AvgIpc) is 3.71. The highest BCUT2D eigenvalue weighted by molar-refractivity contribution is 7.47. The Morgan fingerprint density at radius 1 is 1.00 bits per heavy atom. The SMILES string of the molecule is C[C@@]1(F)C(n2cnc3c(N)ccnc32)O[C@@H]2COP(=O)(O)OC3C[C@@H](COP(=O)(O)O[C@H]21)O[C@H]3n1cnc2c(=O)[nH]c(N)nc21. The van der Waals surface area contributed by atoms with Crippen molar-refractivity contribution in [1.82, 2.24) is 34.1 Å². The molecule has 3 aliphatic heterocycles. The van der Waals surface area contributed by atoms with E-state index in [0.29, 0.717) is 0 Å². The molecule has 20 nitrogen and oxygen atoms in total. The molecule has 7 heterocycles. The summed E-state index contributed by atoms with van der Waals surface area (Å²) < 4.78 is 78.3. The zero-order chi connectivity index (χ0) is 31.9. The molecule has 0 amide bonds. The number of nitrogen functional groups attached to an aromatic ring is 2. The van der Waals surface area contributed by atoms with Crippen LogP contribution in [0.25, 0.3) is 22.3 Å². The molecule has 242 valence electrons. The molecule has 3 saturated heterocycles. The van der Waals surface area contributed by atoms with Crippen molar-refractivity contribution in [3.8, 4) is 0 Å². The van der Waals surface area contributed by atoms with E-state index in [0.717, 1.165) is 6.92 Å². The van der Waals surface area contributed by atoms with E-state index in [9.17, 15) is 23.7 Å². The van der Waals surface area contributed by atoms with Gasteiger partial charge in [-0.15, -0.1) is 0 Å². The number of ether oxygens (including phenoxy) is 2. The summed E-state index contributed by atoms with van der Waals surface area (Å²) in [6, 6.07) is 1.50. The number of nitrogens with two attached hydrogens (primary N) is 2. The van der Waals surface area contributed by atoms with Crippen LogP contribution in [0.5, 0.6) is 0 Å². The van der Waals surface area contributed by atoms with Gasteiger partial charge in [0.25, 0.3) is 5.56 Å². The number of nitrogens with zero attached hydrogens (tertiary/aromatic N) is 6. The number of H-pyrrole nitrogens is 1. The second-order valence-electron chi connectivity index (χ2n) is 10.8. The molecule has 3 aliphatic rings. The van der Waals surface area contributed by atoms with Crippen molar-refractivity contribution in [3.63, 3.8) is 0 Å². The third-order valence-electron chi connectivity index (χ3n) is 7.64. The van der Waals surface area contributed by atoms with E-state index in [1.54, 1.807) is 0 Å². The van der Waals surface area contributed by atoms with Crippen LogP contribution >= 0.6 is 15.6 Å². The first-order valence-electron chi connectivity index (χ1n) is 13.3. The lowest BCUT2D eigenvalue weighted by atomic mass is 9.98. The normalized spacial score (nSPS) is 37.7. The van der Waals surface area contributed by atoms with Gasteiger partial charge in [-0.1, -0.05) is 0 Å². The predicted molar refractivity (Wildman–Crippen MR) is 148 cm³/mol. The van der Waals surface area contributed by atoms with Gasteiger partial charge in [-0.2, -0.15) is 4.98 Å². The predicted octanol–water partition coefficient (Wildman–Crippen LogP) is 0.660. The quantitative estimate of drug-likeness (QED) is 0.183. The van der Waals surface area contributed by atoms with Gasteiger partial charge in [0.2, 0.25) is 5.95 Å². The van der Waals surface area contributed by atoms with E-state index < -0.39 is 77.0 Å². The van der Waals surface area contributed by atoms with Crippen LogP contribution in [-0.2, 0) is 36.7 Å². The first kappa shape index (κ1) is 30.3. The lowest BCUT2D eigenvalue weighted by molar-refractivity contribution is -0.0673. The fraction of sp³-hybridized carbons (Fsp3) is 0.500. The Bertz CT molecular complexity index is 1950. The number of phosphoric acid groups is 2. The number of hydrogen-bond acceptors (Lipinski definition) is 15. The summed E-state index contributed by atoms with van der Waals surface area (Å²) >= 11 is 0. The molecule has 2 bridgehead atoms. The van der Waals surface area contributed by atoms with Gasteiger partial charge in [0.15, 0.2) is 34.9 Å². The van der Waals surface area contributed by atoms with Gasteiger partial charge >= 0.3 is 15.6 Å². The molecule has 3 fully saturated rings. The summed E-state index contributed by atoms with van der Waals surface area (Å²) in [6.07, 6.45) is -4.89. The maximum atomic E-state index is 16.6. The van der Waals surface area contributed by atoms with E-state index in [1.165, 1.54) is 34.1 Å². The van der Waals surface area contributed by atoms with E-state index in [-0.39, 0.29) is 40.4 Å².